The number of rotatable bonds is 0. The van der Waals surface area contributed by atoms with E-state index in [0.717, 1.165) is 0 Å². The molecule has 2 nitrogen and oxygen atoms in total. The summed E-state index contributed by atoms with van der Waals surface area (Å²) in [6.07, 6.45) is 0. The summed E-state index contributed by atoms with van der Waals surface area (Å²) in [5.41, 5.74) is 0. The van der Waals surface area contributed by atoms with Crippen molar-refractivity contribution in [2.75, 3.05) is 0 Å². The molecule has 0 atom stereocenters. The van der Waals surface area contributed by atoms with Gasteiger partial charge in [-0.05, 0) is 0 Å². The Kier molecular flexibility index (Phi) is 483. The molecule has 6 heteroatoms. The van der Waals surface area contributed by atoms with Crippen LogP contribution in [0.2, 0.25) is 0 Å². The maximum Gasteiger partial charge on any atom is 2.00 e. The van der Waals surface area contributed by atoms with Gasteiger partial charge in [-0.15, -0.1) is 0 Å². The quantitative estimate of drug-likeness (QED) is 0.320. The first-order valence-electron chi connectivity index (χ1n) is 0. The molecule has 0 heterocycles. The van der Waals surface area contributed by atoms with Crippen LogP contribution in [0.4, 0.5) is 0 Å². The van der Waals surface area contributed by atoms with Gasteiger partial charge in [0.1, 0.15) is 0 Å². The number of hydrogen-bond donors (Lipinski definition) is 0. The standard InChI is InChI=1S/Al.Mg.Na.2H2O.Ti.6H/h;;;2*1H2;;;;;;;/q;+2;+1;;;;;;;3*-1. The first kappa shape index (κ1) is 65.4. The summed E-state index contributed by atoms with van der Waals surface area (Å²) in [4.78, 5) is 0. The Labute approximate surface area is 105 Å². The third-order valence-corrected chi connectivity index (χ3v) is 0. The van der Waals surface area contributed by atoms with Gasteiger partial charge in [0.15, 0.2) is 17.4 Å². The third kappa shape index (κ3) is 28.4. The molecule has 0 amide bonds. The minimum atomic E-state index is 0. The average Bonchev–Trinajstić information content (AvgIpc) is 0. The van der Waals surface area contributed by atoms with Crippen molar-refractivity contribution < 1.29 is 66.5 Å². The molecule has 0 bridgehead atoms. The molecule has 0 fully saturated rings. The Morgan fingerprint density at radius 3 is 1.00 bits per heavy atom. The van der Waals surface area contributed by atoms with Crippen LogP contribution in [-0.4, -0.2) is 51.4 Å². The van der Waals surface area contributed by atoms with E-state index in [4.69, 9.17) is 0 Å². The first-order chi connectivity index (χ1) is 0. The molecule has 0 spiro atoms. The van der Waals surface area contributed by atoms with Gasteiger partial charge in [0, 0.05) is 21.7 Å². The molecule has 0 aliphatic rings. The molecule has 0 aromatic rings. The van der Waals surface area contributed by atoms with E-state index < -0.39 is 0 Å². The molecule has 0 radical (unpaired) electrons. The van der Waals surface area contributed by atoms with Crippen LogP contribution in [-0.2, 0) is 21.7 Å². The van der Waals surface area contributed by atoms with Crippen LogP contribution < -0.4 is 29.6 Å². The summed E-state index contributed by atoms with van der Waals surface area (Å²) < 4.78 is 0. The summed E-state index contributed by atoms with van der Waals surface area (Å²) >= 11 is 0. The van der Waals surface area contributed by atoms with Crippen molar-refractivity contribution in [2.45, 2.75) is 0 Å². The number of hydrogen-bond acceptors (Lipinski definition) is 0. The average molecular weight is 164 g/mol. The minimum Gasteiger partial charge on any atom is -1.00 e. The van der Waals surface area contributed by atoms with E-state index in [1.165, 1.54) is 0 Å². The van der Waals surface area contributed by atoms with Gasteiger partial charge in [-0.3, -0.25) is 0 Å². The Hall–Kier alpha value is 2.93. The molecule has 0 aliphatic heterocycles. The zero-order valence-electron chi connectivity index (χ0n) is 6.21. The van der Waals surface area contributed by atoms with Gasteiger partial charge in [-0.25, -0.2) is 0 Å². The van der Waals surface area contributed by atoms with E-state index in [1.54, 1.807) is 0 Å². The normalized spacial score (nSPS) is 0. The van der Waals surface area contributed by atoms with Crippen LogP contribution in [0.25, 0.3) is 0 Å². The molecule has 32 valence electrons. The van der Waals surface area contributed by atoms with Gasteiger partial charge >= 0.3 is 52.6 Å². The van der Waals surface area contributed by atoms with Crippen LogP contribution in [0.15, 0.2) is 0 Å². The van der Waals surface area contributed by atoms with Crippen molar-refractivity contribution in [2.24, 2.45) is 0 Å². The summed E-state index contributed by atoms with van der Waals surface area (Å²) in [5, 5.41) is 0. The maximum atomic E-state index is 0. The fourth-order valence-corrected chi connectivity index (χ4v) is 0. The molecule has 0 aromatic heterocycles. The fourth-order valence-electron chi connectivity index (χ4n) is 0. The fraction of sp³-hybridized carbons (Fsp3) is 0. The van der Waals surface area contributed by atoms with Crippen LogP contribution in [0, 0.1) is 0 Å². The van der Waals surface area contributed by atoms with Crippen molar-refractivity contribution in [3.63, 3.8) is 0 Å². The molecule has 4 N–H and O–H groups in total. The molecule has 6 heavy (non-hydrogen) atoms. The molecular formula is H10AlMgNaO2Ti. The van der Waals surface area contributed by atoms with Crippen LogP contribution in [0.1, 0.15) is 4.28 Å². The Balaban J connectivity index is 0. The second-order valence-electron chi connectivity index (χ2n) is 0. The zero-order chi connectivity index (χ0) is 0. The zero-order valence-corrected chi connectivity index (χ0v) is 8.18. The van der Waals surface area contributed by atoms with Gasteiger partial charge in [0.2, 0.25) is 0 Å². The predicted octanol–water partition coefficient (Wildman–Crippen LogP) is -5.88. The van der Waals surface area contributed by atoms with E-state index in [9.17, 15) is 0 Å². The second kappa shape index (κ2) is 44.3. The summed E-state index contributed by atoms with van der Waals surface area (Å²) in [5.74, 6) is 0. The second-order valence-corrected chi connectivity index (χ2v) is 0. The van der Waals surface area contributed by atoms with Crippen LogP contribution in [0.3, 0.4) is 0 Å². The van der Waals surface area contributed by atoms with Crippen LogP contribution in [0.5, 0.6) is 0 Å². The van der Waals surface area contributed by atoms with Crippen molar-refractivity contribution >= 4 is 40.4 Å². The third-order valence-electron chi connectivity index (χ3n) is 0. The molecule has 0 aromatic carbocycles. The monoisotopic (exact) mass is 164 g/mol. The van der Waals surface area contributed by atoms with Gasteiger partial charge in [-0.1, -0.05) is 0 Å². The summed E-state index contributed by atoms with van der Waals surface area (Å²) in [6.45, 7) is 0. The van der Waals surface area contributed by atoms with Crippen molar-refractivity contribution in [1.82, 2.24) is 0 Å². The van der Waals surface area contributed by atoms with Gasteiger partial charge < -0.3 is 15.2 Å². The molecular weight excluding hydrogens is 154 g/mol. The first-order valence-corrected chi connectivity index (χ1v) is 0. The summed E-state index contributed by atoms with van der Waals surface area (Å²) in [6, 6.07) is 0. The Morgan fingerprint density at radius 2 is 1.00 bits per heavy atom. The van der Waals surface area contributed by atoms with E-state index in [1.807, 2.05) is 0 Å². The molecule has 0 unspecified atom stereocenters. The Bertz CT molecular complexity index is 21.8. The molecule has 0 saturated heterocycles. The van der Waals surface area contributed by atoms with Gasteiger partial charge in [0.25, 0.3) is 0 Å². The molecule has 0 aliphatic carbocycles. The maximum absolute atomic E-state index is 0. The van der Waals surface area contributed by atoms with E-state index in [-0.39, 0.29) is 107 Å². The summed E-state index contributed by atoms with van der Waals surface area (Å²) in [7, 11) is 0. The Morgan fingerprint density at radius 1 is 1.00 bits per heavy atom. The minimum absolute atomic E-state index is 0. The van der Waals surface area contributed by atoms with Crippen molar-refractivity contribution in [3.05, 3.63) is 0 Å². The van der Waals surface area contributed by atoms with Crippen molar-refractivity contribution in [1.29, 1.82) is 0 Å². The topological polar surface area (TPSA) is 63.0 Å². The SMILES string of the molecule is O.O.[AlH3].[H-].[H-].[H-].[Mg+2].[Na+].[Ti]. The molecule has 0 rings (SSSR count). The van der Waals surface area contributed by atoms with Gasteiger partial charge in [0.05, 0.1) is 0 Å². The van der Waals surface area contributed by atoms with E-state index >= 15 is 0 Å². The van der Waals surface area contributed by atoms with Gasteiger partial charge in [-0.2, -0.15) is 0 Å². The largest absolute Gasteiger partial charge is 2.00 e. The van der Waals surface area contributed by atoms with Crippen LogP contribution >= 0.6 is 0 Å². The molecule has 0 saturated carbocycles. The smallest absolute Gasteiger partial charge is 1.00 e. The predicted molar refractivity (Wildman–Crippen MR) is 26.3 cm³/mol. The van der Waals surface area contributed by atoms with E-state index in [2.05, 4.69) is 0 Å². The van der Waals surface area contributed by atoms with Crippen molar-refractivity contribution in [3.8, 4) is 0 Å². The van der Waals surface area contributed by atoms with E-state index in [0.29, 0.717) is 0 Å².